The van der Waals surface area contributed by atoms with Crippen LogP contribution in [0.25, 0.3) is 10.8 Å². The normalized spacial score (nSPS) is 10.4. The predicted molar refractivity (Wildman–Crippen MR) is 83.3 cm³/mol. The van der Waals surface area contributed by atoms with Crippen molar-refractivity contribution in [2.75, 3.05) is 0 Å². The van der Waals surface area contributed by atoms with E-state index in [9.17, 15) is 4.79 Å². The second kappa shape index (κ2) is 6.40. The molecule has 0 spiro atoms. The molecule has 1 N–H and O–H groups in total. The Balaban J connectivity index is 1.74. The van der Waals surface area contributed by atoms with E-state index >= 15 is 0 Å². The van der Waals surface area contributed by atoms with Crippen molar-refractivity contribution in [1.82, 2.24) is 25.3 Å². The van der Waals surface area contributed by atoms with Crippen LogP contribution in [0.15, 0.2) is 43.0 Å². The van der Waals surface area contributed by atoms with E-state index in [4.69, 9.17) is 0 Å². The molecule has 0 aliphatic rings. The lowest BCUT2D eigenvalue weighted by Crippen LogP contribution is -2.22. The average molecular weight is 311 g/mol. The molecule has 0 atom stereocenters. The molecule has 3 aromatic heterocycles. The molecule has 0 radical (unpaired) electrons. The zero-order chi connectivity index (χ0) is 15.4. The minimum Gasteiger partial charge on any atom is -0.347 e. The van der Waals surface area contributed by atoms with Crippen molar-refractivity contribution in [2.24, 2.45) is 0 Å². The Morgan fingerprint density at radius 1 is 1.23 bits per heavy atom. The van der Waals surface area contributed by atoms with E-state index < -0.39 is 0 Å². The SMILES string of the molecule is Cc1nc(-c2ncccn2)sc1C(=O)NCc1cccnc1. The summed E-state index contributed by atoms with van der Waals surface area (Å²) < 4.78 is 0. The van der Waals surface area contributed by atoms with Gasteiger partial charge in [-0.1, -0.05) is 6.07 Å². The lowest BCUT2D eigenvalue weighted by molar-refractivity contribution is 0.0954. The van der Waals surface area contributed by atoms with Gasteiger partial charge in [0.05, 0.1) is 5.69 Å². The summed E-state index contributed by atoms with van der Waals surface area (Å²) >= 11 is 1.29. The molecule has 1 amide bonds. The maximum Gasteiger partial charge on any atom is 0.263 e. The number of aryl methyl sites for hydroxylation is 1. The highest BCUT2D eigenvalue weighted by Gasteiger charge is 2.17. The summed E-state index contributed by atoms with van der Waals surface area (Å²) in [5.74, 6) is 0.378. The van der Waals surface area contributed by atoms with E-state index in [-0.39, 0.29) is 5.91 Å². The summed E-state index contributed by atoms with van der Waals surface area (Å²) in [4.78, 5) is 29.6. The standard InChI is InChI=1S/C15H13N5OS/c1-10-12(14(21)19-9-11-4-2-5-16-8-11)22-15(20-10)13-17-6-3-7-18-13/h2-8H,9H2,1H3,(H,19,21). The lowest BCUT2D eigenvalue weighted by atomic mass is 10.3. The molecule has 3 heterocycles. The molecule has 0 unspecified atom stereocenters. The topological polar surface area (TPSA) is 80.7 Å². The molecule has 0 saturated carbocycles. The number of aromatic nitrogens is 4. The Kier molecular flexibility index (Phi) is 4.15. The molecule has 7 heteroatoms. The largest absolute Gasteiger partial charge is 0.347 e. The van der Waals surface area contributed by atoms with Gasteiger partial charge in [0.25, 0.3) is 5.91 Å². The number of rotatable bonds is 4. The van der Waals surface area contributed by atoms with E-state index in [2.05, 4.69) is 25.3 Å². The number of pyridine rings is 1. The third kappa shape index (κ3) is 3.15. The molecule has 3 rings (SSSR count). The summed E-state index contributed by atoms with van der Waals surface area (Å²) in [6, 6.07) is 5.49. The van der Waals surface area contributed by atoms with Crippen LogP contribution in [0.5, 0.6) is 0 Å². The van der Waals surface area contributed by atoms with Gasteiger partial charge in [0.15, 0.2) is 10.8 Å². The van der Waals surface area contributed by atoms with Crippen LogP contribution in [0.1, 0.15) is 20.9 Å². The van der Waals surface area contributed by atoms with E-state index in [1.807, 2.05) is 19.1 Å². The summed E-state index contributed by atoms with van der Waals surface area (Å²) in [6.45, 7) is 2.24. The predicted octanol–water partition coefficient (Wildman–Crippen LogP) is 2.23. The number of amides is 1. The van der Waals surface area contributed by atoms with Gasteiger partial charge in [-0.05, 0) is 24.6 Å². The van der Waals surface area contributed by atoms with E-state index in [0.717, 1.165) is 5.56 Å². The zero-order valence-corrected chi connectivity index (χ0v) is 12.7. The molecule has 0 aliphatic heterocycles. The van der Waals surface area contributed by atoms with Gasteiger partial charge in [0.1, 0.15) is 4.88 Å². The van der Waals surface area contributed by atoms with Crippen LogP contribution < -0.4 is 5.32 Å². The van der Waals surface area contributed by atoms with Gasteiger partial charge in [-0.3, -0.25) is 9.78 Å². The Morgan fingerprint density at radius 2 is 2.05 bits per heavy atom. The van der Waals surface area contributed by atoms with Crippen molar-refractivity contribution in [3.8, 4) is 10.8 Å². The molecule has 22 heavy (non-hydrogen) atoms. The fourth-order valence-electron chi connectivity index (χ4n) is 1.88. The van der Waals surface area contributed by atoms with Crippen LogP contribution in [-0.4, -0.2) is 25.8 Å². The third-order valence-corrected chi connectivity index (χ3v) is 4.09. The summed E-state index contributed by atoms with van der Waals surface area (Å²) in [7, 11) is 0. The molecule has 3 aromatic rings. The molecule has 0 aliphatic carbocycles. The number of carbonyl (C=O) groups excluding carboxylic acids is 1. The number of carbonyl (C=O) groups is 1. The summed E-state index contributed by atoms with van der Waals surface area (Å²) in [6.07, 6.45) is 6.73. The maximum atomic E-state index is 12.3. The molecule has 0 bridgehead atoms. The van der Waals surface area contributed by atoms with Gasteiger partial charge in [0, 0.05) is 31.3 Å². The first-order chi connectivity index (χ1) is 10.7. The molecule has 0 fully saturated rings. The van der Waals surface area contributed by atoms with Crippen LogP contribution in [0.2, 0.25) is 0 Å². The summed E-state index contributed by atoms with van der Waals surface area (Å²) in [5.41, 5.74) is 1.63. The zero-order valence-electron chi connectivity index (χ0n) is 11.9. The second-order valence-corrected chi connectivity index (χ2v) is 5.55. The smallest absolute Gasteiger partial charge is 0.263 e. The lowest BCUT2D eigenvalue weighted by Gasteiger charge is -2.03. The Bertz CT molecular complexity index is 773. The fraction of sp³-hybridized carbons (Fsp3) is 0.133. The first kappa shape index (κ1) is 14.3. The van der Waals surface area contributed by atoms with E-state index in [0.29, 0.717) is 27.9 Å². The van der Waals surface area contributed by atoms with Crippen molar-refractivity contribution < 1.29 is 4.79 Å². The highest BCUT2D eigenvalue weighted by molar-refractivity contribution is 7.17. The third-order valence-electron chi connectivity index (χ3n) is 2.94. The highest BCUT2D eigenvalue weighted by atomic mass is 32.1. The number of nitrogens with one attached hydrogen (secondary N) is 1. The van der Waals surface area contributed by atoms with Gasteiger partial charge in [-0.15, -0.1) is 11.3 Å². The minimum absolute atomic E-state index is 0.152. The van der Waals surface area contributed by atoms with Crippen molar-refractivity contribution in [2.45, 2.75) is 13.5 Å². The first-order valence-electron chi connectivity index (χ1n) is 6.66. The van der Waals surface area contributed by atoms with Gasteiger partial charge in [-0.25, -0.2) is 15.0 Å². The quantitative estimate of drug-likeness (QED) is 0.799. The van der Waals surface area contributed by atoms with Crippen molar-refractivity contribution in [3.63, 3.8) is 0 Å². The number of thiazole rings is 1. The van der Waals surface area contributed by atoms with Crippen LogP contribution in [0.3, 0.4) is 0 Å². The monoisotopic (exact) mass is 311 g/mol. The second-order valence-electron chi connectivity index (χ2n) is 4.55. The van der Waals surface area contributed by atoms with Crippen LogP contribution in [-0.2, 0) is 6.54 Å². The van der Waals surface area contributed by atoms with Crippen LogP contribution in [0.4, 0.5) is 0 Å². The minimum atomic E-state index is -0.152. The number of hydrogen-bond donors (Lipinski definition) is 1. The van der Waals surface area contributed by atoms with Gasteiger partial charge in [-0.2, -0.15) is 0 Å². The van der Waals surface area contributed by atoms with Crippen molar-refractivity contribution in [3.05, 3.63) is 59.1 Å². The molecular weight excluding hydrogens is 298 g/mol. The van der Waals surface area contributed by atoms with E-state index in [1.54, 1.807) is 30.9 Å². The first-order valence-corrected chi connectivity index (χ1v) is 7.47. The number of nitrogens with zero attached hydrogens (tertiary/aromatic N) is 4. The van der Waals surface area contributed by atoms with Gasteiger partial charge < -0.3 is 5.32 Å². The highest BCUT2D eigenvalue weighted by Crippen LogP contribution is 2.25. The molecular formula is C15H13N5OS. The number of hydrogen-bond acceptors (Lipinski definition) is 6. The summed E-state index contributed by atoms with van der Waals surface area (Å²) in [5, 5.41) is 3.51. The van der Waals surface area contributed by atoms with Crippen molar-refractivity contribution in [1.29, 1.82) is 0 Å². The fourth-order valence-corrected chi connectivity index (χ4v) is 2.81. The average Bonchev–Trinajstić information content (AvgIpc) is 2.96. The van der Waals surface area contributed by atoms with Crippen molar-refractivity contribution >= 4 is 17.2 Å². The molecule has 0 aromatic carbocycles. The molecule has 0 saturated heterocycles. The Morgan fingerprint density at radius 3 is 2.77 bits per heavy atom. The van der Waals surface area contributed by atoms with Crippen LogP contribution >= 0.6 is 11.3 Å². The Hall–Kier alpha value is -2.67. The van der Waals surface area contributed by atoms with E-state index in [1.165, 1.54) is 11.3 Å². The maximum absolute atomic E-state index is 12.3. The van der Waals surface area contributed by atoms with Gasteiger partial charge in [0.2, 0.25) is 0 Å². The molecule has 6 nitrogen and oxygen atoms in total. The van der Waals surface area contributed by atoms with Gasteiger partial charge >= 0.3 is 0 Å². The van der Waals surface area contributed by atoms with Crippen LogP contribution in [0, 0.1) is 6.92 Å². The molecule has 110 valence electrons. The Labute approximate surface area is 131 Å².